The molecule has 0 aromatic rings. The van der Waals surface area contributed by atoms with E-state index in [2.05, 4.69) is 20.4 Å². The van der Waals surface area contributed by atoms with Crippen molar-refractivity contribution >= 4 is 23.8 Å². The number of hydrogen-bond acceptors (Lipinski definition) is 9. The van der Waals surface area contributed by atoms with Gasteiger partial charge in [0.2, 0.25) is 11.9 Å². The minimum absolute atomic E-state index is 0.386. The van der Waals surface area contributed by atoms with Crippen molar-refractivity contribution in [2.45, 2.75) is 24.4 Å². The van der Waals surface area contributed by atoms with Crippen LogP contribution in [-0.4, -0.2) is 80.4 Å². The first-order chi connectivity index (χ1) is 10.2. The quantitative estimate of drug-likeness (QED) is 0.117. The molecule has 0 aliphatic heterocycles. The van der Waals surface area contributed by atoms with Gasteiger partial charge in [0.05, 0.1) is 12.8 Å². The van der Waals surface area contributed by atoms with Gasteiger partial charge in [-0.15, -0.1) is 15.3 Å². The van der Waals surface area contributed by atoms with Gasteiger partial charge in [0, 0.05) is 0 Å². The lowest BCUT2D eigenvalue weighted by molar-refractivity contribution is -0.100. The van der Waals surface area contributed by atoms with Gasteiger partial charge < -0.3 is 48.5 Å². The topological polar surface area (TPSA) is 255 Å². The second kappa shape index (κ2) is 9.59. The first-order valence-corrected chi connectivity index (χ1v) is 5.82. The Hall–Kier alpha value is -2.32. The molecule has 126 valence electrons. The standard InChI is InChI=1S/C9H20N8O5/c10-8(11)16-14-1-3(15-17-9(12)13)5(20)7(22)6(21)4(19)2-18/h1,4-7,18-22H,2H2,(H4,10,11,16)(H4,12,13,17)/b14-1+,15-3+/t4-,5+,6-,7+/m0/s1. The van der Waals surface area contributed by atoms with Gasteiger partial charge in [-0.2, -0.15) is 5.10 Å². The summed E-state index contributed by atoms with van der Waals surface area (Å²) in [5.74, 6) is -0.839. The van der Waals surface area contributed by atoms with E-state index in [1.807, 2.05) is 0 Å². The van der Waals surface area contributed by atoms with E-state index in [-0.39, 0.29) is 5.96 Å². The minimum atomic E-state index is -1.93. The predicted molar refractivity (Wildman–Crippen MR) is 78.7 cm³/mol. The summed E-state index contributed by atoms with van der Waals surface area (Å²) in [6, 6.07) is 0. The highest BCUT2D eigenvalue weighted by molar-refractivity contribution is 6.32. The van der Waals surface area contributed by atoms with Gasteiger partial charge >= 0.3 is 0 Å². The highest BCUT2D eigenvalue weighted by Gasteiger charge is 2.32. The molecule has 13 heteroatoms. The van der Waals surface area contributed by atoms with E-state index in [9.17, 15) is 20.4 Å². The summed E-state index contributed by atoms with van der Waals surface area (Å²) in [6.07, 6.45) is -6.54. The van der Waals surface area contributed by atoms with E-state index < -0.39 is 42.7 Å². The van der Waals surface area contributed by atoms with E-state index in [4.69, 9.17) is 28.0 Å². The maximum absolute atomic E-state index is 9.88. The third-order valence-corrected chi connectivity index (χ3v) is 2.20. The third kappa shape index (κ3) is 6.91. The van der Waals surface area contributed by atoms with Gasteiger partial charge in [-0.25, -0.2) is 0 Å². The molecule has 13 N–H and O–H groups in total. The number of guanidine groups is 2. The Bertz CT molecular complexity index is 457. The average Bonchev–Trinajstić information content (AvgIpc) is 2.46. The summed E-state index contributed by atoms with van der Waals surface area (Å²) >= 11 is 0. The number of nitrogens with two attached hydrogens (primary N) is 4. The Morgan fingerprint density at radius 1 is 0.864 bits per heavy atom. The summed E-state index contributed by atoms with van der Waals surface area (Å²) in [4.78, 5) is 0. The molecule has 0 spiro atoms. The maximum Gasteiger partial charge on any atom is 0.211 e. The van der Waals surface area contributed by atoms with Gasteiger partial charge in [0.15, 0.2) is 0 Å². The molecule has 0 aromatic carbocycles. The Kier molecular flexibility index (Phi) is 8.58. The Morgan fingerprint density at radius 3 is 1.86 bits per heavy atom. The zero-order valence-electron chi connectivity index (χ0n) is 11.4. The number of rotatable bonds is 8. The van der Waals surface area contributed by atoms with E-state index in [1.165, 1.54) is 0 Å². The van der Waals surface area contributed by atoms with Crippen LogP contribution < -0.4 is 22.9 Å². The normalized spacial score (nSPS) is 17.6. The van der Waals surface area contributed by atoms with Crippen molar-refractivity contribution in [1.82, 2.24) is 0 Å². The lowest BCUT2D eigenvalue weighted by Gasteiger charge is -2.25. The fraction of sp³-hybridized carbons (Fsp3) is 0.556. The zero-order chi connectivity index (χ0) is 17.3. The van der Waals surface area contributed by atoms with Gasteiger partial charge in [-0.05, 0) is 0 Å². The molecule has 22 heavy (non-hydrogen) atoms. The van der Waals surface area contributed by atoms with E-state index >= 15 is 0 Å². The van der Waals surface area contributed by atoms with Gasteiger partial charge in [-0.1, -0.05) is 0 Å². The van der Waals surface area contributed by atoms with E-state index in [1.54, 1.807) is 0 Å². The minimum Gasteiger partial charge on any atom is -0.394 e. The Labute approximate surface area is 125 Å². The van der Waals surface area contributed by atoms with Gasteiger partial charge in [0.1, 0.15) is 30.1 Å². The van der Waals surface area contributed by atoms with Crippen LogP contribution in [0.15, 0.2) is 20.4 Å². The monoisotopic (exact) mass is 320 g/mol. The van der Waals surface area contributed by atoms with Gasteiger partial charge in [-0.3, -0.25) is 0 Å². The van der Waals surface area contributed by atoms with Crippen molar-refractivity contribution < 1.29 is 25.5 Å². The smallest absolute Gasteiger partial charge is 0.211 e. The largest absolute Gasteiger partial charge is 0.394 e. The van der Waals surface area contributed by atoms with Gasteiger partial charge in [0.25, 0.3) is 0 Å². The Balaban J connectivity index is 5.32. The lowest BCUT2D eigenvalue weighted by Crippen LogP contribution is -2.49. The molecule has 0 heterocycles. The second-order valence-corrected chi connectivity index (χ2v) is 4.00. The third-order valence-electron chi connectivity index (χ3n) is 2.20. The van der Waals surface area contributed by atoms with Crippen LogP contribution in [0.5, 0.6) is 0 Å². The summed E-state index contributed by atoms with van der Waals surface area (Å²) in [5, 5.41) is 60.3. The SMILES string of the molecule is NC(N)=N/N=C/C(=N\N=C(N)N)[C@@H](O)[C@@H](O)[C@@H](O)[C@@H](O)CO. The van der Waals surface area contributed by atoms with Crippen LogP contribution >= 0.6 is 0 Å². The molecule has 0 unspecified atom stereocenters. The van der Waals surface area contributed by atoms with Crippen molar-refractivity contribution in [2.24, 2.45) is 43.3 Å². The molecule has 0 aromatic heterocycles. The maximum atomic E-state index is 9.88. The molecular weight excluding hydrogens is 300 g/mol. The number of hydrogen-bond donors (Lipinski definition) is 9. The molecule has 0 rings (SSSR count). The number of aliphatic hydroxyl groups excluding tert-OH is 5. The molecule has 0 amide bonds. The molecule has 0 saturated heterocycles. The van der Waals surface area contributed by atoms with Crippen molar-refractivity contribution in [1.29, 1.82) is 0 Å². The molecule has 0 aliphatic rings. The van der Waals surface area contributed by atoms with Crippen LogP contribution in [-0.2, 0) is 0 Å². The highest BCUT2D eigenvalue weighted by Crippen LogP contribution is 2.06. The molecule has 0 aliphatic carbocycles. The molecule has 0 bridgehead atoms. The molecule has 0 fully saturated rings. The molecule has 0 saturated carbocycles. The zero-order valence-corrected chi connectivity index (χ0v) is 11.4. The molecule has 4 atom stereocenters. The number of aliphatic hydroxyl groups is 5. The van der Waals surface area contributed by atoms with Crippen LogP contribution in [0.4, 0.5) is 0 Å². The summed E-state index contributed by atoms with van der Waals surface area (Å²) in [6.45, 7) is -0.840. The van der Waals surface area contributed by atoms with Crippen molar-refractivity contribution in [3.63, 3.8) is 0 Å². The molecule has 0 radical (unpaired) electrons. The number of nitrogens with zero attached hydrogens (tertiary/aromatic N) is 4. The fourth-order valence-corrected chi connectivity index (χ4v) is 1.13. The Morgan fingerprint density at radius 2 is 1.41 bits per heavy atom. The van der Waals surface area contributed by atoms with E-state index in [0.717, 1.165) is 6.21 Å². The first-order valence-electron chi connectivity index (χ1n) is 5.82. The van der Waals surface area contributed by atoms with Crippen LogP contribution in [0.25, 0.3) is 0 Å². The van der Waals surface area contributed by atoms with Crippen molar-refractivity contribution in [3.8, 4) is 0 Å². The molecule has 13 nitrogen and oxygen atoms in total. The summed E-state index contributed by atoms with van der Waals surface area (Å²) < 4.78 is 0. The van der Waals surface area contributed by atoms with Crippen LogP contribution in [0.3, 0.4) is 0 Å². The van der Waals surface area contributed by atoms with Crippen LogP contribution in [0.2, 0.25) is 0 Å². The van der Waals surface area contributed by atoms with E-state index in [0.29, 0.717) is 0 Å². The lowest BCUT2D eigenvalue weighted by atomic mass is 10.0. The predicted octanol–water partition coefficient (Wildman–Crippen LogP) is -5.69. The fourth-order valence-electron chi connectivity index (χ4n) is 1.13. The van der Waals surface area contributed by atoms with Crippen LogP contribution in [0.1, 0.15) is 0 Å². The van der Waals surface area contributed by atoms with Crippen LogP contribution in [0, 0.1) is 0 Å². The van der Waals surface area contributed by atoms with Crippen molar-refractivity contribution in [2.75, 3.05) is 6.61 Å². The molecular formula is C9H20N8O5. The average molecular weight is 320 g/mol. The summed E-state index contributed by atoms with van der Waals surface area (Å²) in [5.41, 5.74) is 19.8. The first kappa shape index (κ1) is 19.7. The summed E-state index contributed by atoms with van der Waals surface area (Å²) in [7, 11) is 0. The van der Waals surface area contributed by atoms with Crippen molar-refractivity contribution in [3.05, 3.63) is 0 Å². The second-order valence-electron chi connectivity index (χ2n) is 4.00. The highest BCUT2D eigenvalue weighted by atomic mass is 16.4.